The SMILES string of the molecule is N#CCn1cc(NC(=O)OCc2ccccc2)cn1. The summed E-state index contributed by atoms with van der Waals surface area (Å²) in [4.78, 5) is 11.5. The fourth-order valence-electron chi connectivity index (χ4n) is 1.46. The van der Waals surface area contributed by atoms with Crippen molar-refractivity contribution in [3.63, 3.8) is 0 Å². The van der Waals surface area contributed by atoms with Crippen molar-refractivity contribution >= 4 is 11.8 Å². The number of nitrogens with one attached hydrogen (secondary N) is 1. The summed E-state index contributed by atoms with van der Waals surface area (Å²) in [5.41, 5.74) is 1.41. The highest BCUT2D eigenvalue weighted by molar-refractivity contribution is 5.84. The lowest BCUT2D eigenvalue weighted by atomic mass is 10.2. The van der Waals surface area contributed by atoms with E-state index in [2.05, 4.69) is 10.4 Å². The number of anilines is 1. The summed E-state index contributed by atoms with van der Waals surface area (Å²) < 4.78 is 6.47. The van der Waals surface area contributed by atoms with Crippen molar-refractivity contribution in [3.8, 4) is 6.07 Å². The van der Waals surface area contributed by atoms with E-state index in [9.17, 15) is 4.79 Å². The lowest BCUT2D eigenvalue weighted by Crippen LogP contribution is -2.13. The third-order valence-corrected chi connectivity index (χ3v) is 2.33. The number of nitriles is 1. The van der Waals surface area contributed by atoms with E-state index < -0.39 is 6.09 Å². The van der Waals surface area contributed by atoms with Gasteiger partial charge in [-0.25, -0.2) is 4.79 Å². The quantitative estimate of drug-likeness (QED) is 0.908. The second kappa shape index (κ2) is 6.21. The number of aromatic nitrogens is 2. The van der Waals surface area contributed by atoms with E-state index in [0.717, 1.165) is 5.56 Å². The van der Waals surface area contributed by atoms with Crippen LogP contribution in [0.1, 0.15) is 5.56 Å². The molecule has 0 aliphatic carbocycles. The molecule has 0 unspecified atom stereocenters. The average Bonchev–Trinajstić information content (AvgIpc) is 2.85. The van der Waals surface area contributed by atoms with Crippen LogP contribution in [-0.2, 0) is 17.9 Å². The molecular weight excluding hydrogens is 244 g/mol. The fraction of sp³-hybridized carbons (Fsp3) is 0.154. The second-order valence-electron chi connectivity index (χ2n) is 3.77. The first kappa shape index (κ1) is 12.6. The molecule has 0 aliphatic heterocycles. The summed E-state index contributed by atoms with van der Waals surface area (Å²) >= 11 is 0. The third-order valence-electron chi connectivity index (χ3n) is 2.33. The standard InChI is InChI=1S/C13H12N4O2/c14-6-7-17-9-12(8-15-17)16-13(18)19-10-11-4-2-1-3-5-11/h1-5,8-9H,7,10H2,(H,16,18). The van der Waals surface area contributed by atoms with E-state index in [1.54, 1.807) is 6.20 Å². The predicted octanol–water partition coefficient (Wildman–Crippen LogP) is 2.16. The van der Waals surface area contributed by atoms with E-state index >= 15 is 0 Å². The Morgan fingerprint density at radius 2 is 2.21 bits per heavy atom. The van der Waals surface area contributed by atoms with Crippen LogP contribution >= 0.6 is 0 Å². The Morgan fingerprint density at radius 3 is 2.95 bits per heavy atom. The molecule has 6 heteroatoms. The number of carbonyl (C=O) groups excluding carboxylic acids is 1. The van der Waals surface area contributed by atoms with Crippen LogP contribution in [-0.4, -0.2) is 15.9 Å². The zero-order valence-corrected chi connectivity index (χ0v) is 10.1. The van der Waals surface area contributed by atoms with Gasteiger partial charge in [0.2, 0.25) is 0 Å². The van der Waals surface area contributed by atoms with Gasteiger partial charge in [-0.1, -0.05) is 30.3 Å². The molecule has 0 radical (unpaired) electrons. The maximum atomic E-state index is 11.5. The van der Waals surface area contributed by atoms with E-state index in [1.165, 1.54) is 10.9 Å². The molecule has 0 fully saturated rings. The molecular formula is C13H12N4O2. The van der Waals surface area contributed by atoms with Gasteiger partial charge in [-0.2, -0.15) is 10.4 Å². The van der Waals surface area contributed by atoms with E-state index in [-0.39, 0.29) is 13.2 Å². The Kier molecular flexibility index (Phi) is 4.13. The van der Waals surface area contributed by atoms with Crippen molar-refractivity contribution in [1.29, 1.82) is 5.26 Å². The number of amides is 1. The first-order valence-corrected chi connectivity index (χ1v) is 5.65. The minimum atomic E-state index is -0.555. The van der Waals surface area contributed by atoms with Crippen LogP contribution < -0.4 is 5.32 Å². The van der Waals surface area contributed by atoms with Gasteiger partial charge in [0.05, 0.1) is 18.0 Å². The molecule has 0 saturated carbocycles. The lowest BCUT2D eigenvalue weighted by molar-refractivity contribution is 0.155. The smallest absolute Gasteiger partial charge is 0.412 e. The zero-order chi connectivity index (χ0) is 13.5. The van der Waals surface area contributed by atoms with Crippen molar-refractivity contribution < 1.29 is 9.53 Å². The lowest BCUT2D eigenvalue weighted by Gasteiger charge is -2.04. The maximum Gasteiger partial charge on any atom is 0.412 e. The summed E-state index contributed by atoms with van der Waals surface area (Å²) in [6.45, 7) is 0.347. The van der Waals surface area contributed by atoms with Gasteiger partial charge in [0.25, 0.3) is 0 Å². The van der Waals surface area contributed by atoms with Gasteiger partial charge in [0.1, 0.15) is 13.2 Å². The van der Waals surface area contributed by atoms with E-state index in [0.29, 0.717) is 5.69 Å². The molecule has 0 spiro atoms. The van der Waals surface area contributed by atoms with Gasteiger partial charge >= 0.3 is 6.09 Å². The molecule has 0 saturated heterocycles. The molecule has 0 bridgehead atoms. The summed E-state index contributed by atoms with van der Waals surface area (Å²) in [6, 6.07) is 11.4. The maximum absolute atomic E-state index is 11.5. The van der Waals surface area contributed by atoms with Crippen molar-refractivity contribution in [3.05, 3.63) is 48.3 Å². The van der Waals surface area contributed by atoms with Crippen LogP contribution in [0.4, 0.5) is 10.5 Å². The molecule has 1 aromatic carbocycles. The van der Waals surface area contributed by atoms with Gasteiger partial charge in [-0.15, -0.1) is 0 Å². The molecule has 19 heavy (non-hydrogen) atoms. The van der Waals surface area contributed by atoms with Crippen molar-refractivity contribution in [2.45, 2.75) is 13.2 Å². The normalized spacial score (nSPS) is 9.63. The Labute approximate surface area is 110 Å². The Bertz CT molecular complexity index is 586. The number of ether oxygens (including phenoxy) is 1. The highest BCUT2D eigenvalue weighted by Crippen LogP contribution is 2.06. The number of hydrogen-bond acceptors (Lipinski definition) is 4. The molecule has 1 aromatic heterocycles. The minimum absolute atomic E-state index is 0.140. The highest BCUT2D eigenvalue weighted by atomic mass is 16.5. The summed E-state index contributed by atoms with van der Waals surface area (Å²) in [5, 5.41) is 14.9. The second-order valence-corrected chi connectivity index (χ2v) is 3.77. The topological polar surface area (TPSA) is 79.9 Å². The zero-order valence-electron chi connectivity index (χ0n) is 10.1. The first-order valence-electron chi connectivity index (χ1n) is 5.65. The Balaban J connectivity index is 1.82. The predicted molar refractivity (Wildman–Crippen MR) is 68.1 cm³/mol. The molecule has 1 N–H and O–H groups in total. The van der Waals surface area contributed by atoms with Gasteiger partial charge in [-0.3, -0.25) is 10.00 Å². The minimum Gasteiger partial charge on any atom is -0.444 e. The molecule has 1 amide bonds. The number of nitrogens with zero attached hydrogens (tertiary/aromatic N) is 3. The average molecular weight is 256 g/mol. The summed E-state index contributed by atoms with van der Waals surface area (Å²) in [5.74, 6) is 0. The van der Waals surface area contributed by atoms with Gasteiger partial charge < -0.3 is 4.74 Å². The van der Waals surface area contributed by atoms with E-state index in [1.807, 2.05) is 36.4 Å². The summed E-state index contributed by atoms with van der Waals surface area (Å²) in [6.07, 6.45) is 2.47. The van der Waals surface area contributed by atoms with Crippen molar-refractivity contribution in [2.75, 3.05) is 5.32 Å². The van der Waals surface area contributed by atoms with Crippen LogP contribution in [0.15, 0.2) is 42.7 Å². The molecule has 96 valence electrons. The fourth-order valence-corrected chi connectivity index (χ4v) is 1.46. The number of benzene rings is 1. The summed E-state index contributed by atoms with van der Waals surface area (Å²) in [7, 11) is 0. The molecule has 2 rings (SSSR count). The molecule has 2 aromatic rings. The Morgan fingerprint density at radius 1 is 1.42 bits per heavy atom. The van der Waals surface area contributed by atoms with Crippen LogP contribution in [0.25, 0.3) is 0 Å². The van der Waals surface area contributed by atoms with Crippen LogP contribution in [0.5, 0.6) is 0 Å². The van der Waals surface area contributed by atoms with Gasteiger partial charge in [0, 0.05) is 6.20 Å². The Hall–Kier alpha value is -2.81. The van der Waals surface area contributed by atoms with Crippen LogP contribution in [0, 0.1) is 11.3 Å². The molecule has 0 aliphatic rings. The van der Waals surface area contributed by atoms with Crippen molar-refractivity contribution in [2.24, 2.45) is 0 Å². The third kappa shape index (κ3) is 3.85. The molecule has 1 heterocycles. The number of hydrogen-bond donors (Lipinski definition) is 1. The first-order chi connectivity index (χ1) is 9.28. The largest absolute Gasteiger partial charge is 0.444 e. The number of rotatable bonds is 4. The van der Waals surface area contributed by atoms with E-state index in [4.69, 9.17) is 10.00 Å². The molecule has 0 atom stereocenters. The van der Waals surface area contributed by atoms with Crippen LogP contribution in [0.2, 0.25) is 0 Å². The van der Waals surface area contributed by atoms with Gasteiger partial charge in [-0.05, 0) is 5.56 Å². The van der Waals surface area contributed by atoms with Crippen molar-refractivity contribution in [1.82, 2.24) is 9.78 Å². The van der Waals surface area contributed by atoms with Crippen LogP contribution in [0.3, 0.4) is 0 Å². The van der Waals surface area contributed by atoms with Gasteiger partial charge in [0.15, 0.2) is 0 Å². The number of carbonyl (C=O) groups is 1. The molecule has 6 nitrogen and oxygen atoms in total. The monoisotopic (exact) mass is 256 g/mol. The highest BCUT2D eigenvalue weighted by Gasteiger charge is 2.05.